The second-order valence-corrected chi connectivity index (χ2v) is 4.46. The van der Waals surface area contributed by atoms with Crippen LogP contribution in [0.1, 0.15) is 20.3 Å². The molecule has 0 radical (unpaired) electrons. The Kier molecular flexibility index (Phi) is 4.37. The predicted octanol–water partition coefficient (Wildman–Crippen LogP) is 2.57. The third-order valence-corrected chi connectivity index (χ3v) is 2.63. The van der Waals surface area contributed by atoms with Gasteiger partial charge in [0.15, 0.2) is 0 Å². The Hall–Kier alpha value is -1.71. The molecule has 0 saturated carbocycles. The molecule has 0 aliphatic rings. The van der Waals surface area contributed by atoms with E-state index in [9.17, 15) is 4.79 Å². The molecule has 0 heterocycles. The maximum atomic E-state index is 10.9. The lowest BCUT2D eigenvalue weighted by atomic mass is 9.90. The van der Waals surface area contributed by atoms with Crippen LogP contribution in [0, 0.1) is 5.41 Å². The number of methoxy groups -OCH3 is 1. The molecule has 4 nitrogen and oxygen atoms in total. The summed E-state index contributed by atoms with van der Waals surface area (Å²) in [7, 11) is 1.60. The Bertz CT molecular complexity index is 368. The number of benzene rings is 1. The molecular formula is C13H18O4. The predicted molar refractivity (Wildman–Crippen MR) is 64.5 cm³/mol. The molecule has 0 unspecified atom stereocenters. The lowest BCUT2D eigenvalue weighted by Gasteiger charge is -2.18. The molecule has 17 heavy (non-hydrogen) atoms. The van der Waals surface area contributed by atoms with Crippen LogP contribution in [0.3, 0.4) is 0 Å². The summed E-state index contributed by atoms with van der Waals surface area (Å²) in [6.07, 6.45) is 0.467. The fraction of sp³-hybridized carbons (Fsp3) is 0.462. The molecule has 0 atom stereocenters. The molecule has 1 aromatic carbocycles. The monoisotopic (exact) mass is 238 g/mol. The van der Waals surface area contributed by atoms with Crippen LogP contribution in [0.15, 0.2) is 24.3 Å². The van der Waals surface area contributed by atoms with Gasteiger partial charge in [-0.05, 0) is 44.5 Å². The number of carbonyl (C=O) groups is 1. The number of hydrogen-bond donors (Lipinski definition) is 1. The topological polar surface area (TPSA) is 55.8 Å². The van der Waals surface area contributed by atoms with E-state index in [1.54, 1.807) is 45.2 Å². The first-order valence-electron chi connectivity index (χ1n) is 5.46. The van der Waals surface area contributed by atoms with Crippen LogP contribution in [0.25, 0.3) is 0 Å². The average Bonchev–Trinajstić information content (AvgIpc) is 2.29. The van der Waals surface area contributed by atoms with Crippen LogP contribution in [0.5, 0.6) is 11.5 Å². The third kappa shape index (κ3) is 3.98. The zero-order chi connectivity index (χ0) is 12.9. The highest BCUT2D eigenvalue weighted by atomic mass is 16.5. The van der Waals surface area contributed by atoms with Gasteiger partial charge < -0.3 is 14.6 Å². The first-order valence-corrected chi connectivity index (χ1v) is 5.46. The summed E-state index contributed by atoms with van der Waals surface area (Å²) in [5.41, 5.74) is -0.757. The first-order chi connectivity index (χ1) is 7.95. The van der Waals surface area contributed by atoms with Crippen molar-refractivity contribution in [2.75, 3.05) is 13.7 Å². The summed E-state index contributed by atoms with van der Waals surface area (Å²) < 4.78 is 10.5. The number of ether oxygens (including phenoxy) is 2. The van der Waals surface area contributed by atoms with Gasteiger partial charge in [-0.25, -0.2) is 0 Å². The molecule has 1 aromatic rings. The van der Waals surface area contributed by atoms with Crippen molar-refractivity contribution in [2.24, 2.45) is 5.41 Å². The minimum Gasteiger partial charge on any atom is -0.497 e. The molecule has 0 aromatic heterocycles. The van der Waals surface area contributed by atoms with Gasteiger partial charge in [0.1, 0.15) is 11.5 Å². The van der Waals surface area contributed by atoms with Crippen molar-refractivity contribution in [3.05, 3.63) is 24.3 Å². The average molecular weight is 238 g/mol. The summed E-state index contributed by atoms with van der Waals surface area (Å²) >= 11 is 0. The maximum absolute atomic E-state index is 10.9. The van der Waals surface area contributed by atoms with Crippen molar-refractivity contribution in [1.29, 1.82) is 0 Å². The quantitative estimate of drug-likeness (QED) is 0.827. The SMILES string of the molecule is COc1ccc(OCCC(C)(C)C(=O)O)cc1. The molecule has 94 valence electrons. The van der Waals surface area contributed by atoms with Crippen LogP contribution < -0.4 is 9.47 Å². The molecule has 0 amide bonds. The zero-order valence-electron chi connectivity index (χ0n) is 10.4. The van der Waals surface area contributed by atoms with Gasteiger partial charge in [0, 0.05) is 0 Å². The molecule has 0 aliphatic heterocycles. The van der Waals surface area contributed by atoms with Gasteiger partial charge in [-0.3, -0.25) is 4.79 Å². The minimum atomic E-state index is -0.809. The zero-order valence-corrected chi connectivity index (χ0v) is 10.4. The van der Waals surface area contributed by atoms with E-state index in [0.717, 1.165) is 5.75 Å². The Morgan fingerprint density at radius 2 is 1.76 bits per heavy atom. The van der Waals surface area contributed by atoms with E-state index in [-0.39, 0.29) is 0 Å². The van der Waals surface area contributed by atoms with Crippen LogP contribution in [-0.2, 0) is 4.79 Å². The van der Waals surface area contributed by atoms with E-state index in [1.807, 2.05) is 0 Å². The fourth-order valence-corrected chi connectivity index (χ4v) is 1.20. The van der Waals surface area contributed by atoms with Crippen molar-refractivity contribution >= 4 is 5.97 Å². The van der Waals surface area contributed by atoms with Gasteiger partial charge in [0.05, 0.1) is 19.1 Å². The van der Waals surface area contributed by atoms with Crippen LogP contribution in [0.4, 0.5) is 0 Å². The van der Waals surface area contributed by atoms with Gasteiger partial charge in [0.2, 0.25) is 0 Å². The highest BCUT2D eigenvalue weighted by molar-refractivity contribution is 5.73. The standard InChI is InChI=1S/C13H18O4/c1-13(2,12(14)15)8-9-17-11-6-4-10(16-3)5-7-11/h4-7H,8-9H2,1-3H3,(H,14,15). The minimum absolute atomic E-state index is 0.381. The van der Waals surface area contributed by atoms with Crippen molar-refractivity contribution in [3.63, 3.8) is 0 Å². The largest absolute Gasteiger partial charge is 0.497 e. The lowest BCUT2D eigenvalue weighted by molar-refractivity contribution is -0.147. The molecule has 0 fully saturated rings. The molecule has 0 bridgehead atoms. The second-order valence-electron chi connectivity index (χ2n) is 4.46. The molecule has 1 N–H and O–H groups in total. The second kappa shape index (κ2) is 5.57. The molecule has 0 aliphatic carbocycles. The fourth-order valence-electron chi connectivity index (χ4n) is 1.20. The lowest BCUT2D eigenvalue weighted by Crippen LogP contribution is -2.25. The van der Waals surface area contributed by atoms with Crippen molar-refractivity contribution < 1.29 is 19.4 Å². The van der Waals surface area contributed by atoms with Crippen LogP contribution in [0.2, 0.25) is 0 Å². The van der Waals surface area contributed by atoms with Gasteiger partial charge in [-0.1, -0.05) is 0 Å². The molecular weight excluding hydrogens is 220 g/mol. The summed E-state index contributed by atoms with van der Waals surface area (Å²) in [4.78, 5) is 10.9. The summed E-state index contributed by atoms with van der Waals surface area (Å²) in [6, 6.07) is 7.20. The van der Waals surface area contributed by atoms with Gasteiger partial charge in [-0.2, -0.15) is 0 Å². The van der Waals surface area contributed by atoms with E-state index in [4.69, 9.17) is 14.6 Å². The van der Waals surface area contributed by atoms with Gasteiger partial charge in [0.25, 0.3) is 0 Å². The number of rotatable bonds is 6. The van der Waals surface area contributed by atoms with E-state index >= 15 is 0 Å². The highest BCUT2D eigenvalue weighted by Crippen LogP contribution is 2.22. The summed E-state index contributed by atoms with van der Waals surface area (Å²) in [5.74, 6) is 0.672. The maximum Gasteiger partial charge on any atom is 0.309 e. The smallest absolute Gasteiger partial charge is 0.309 e. The number of aliphatic carboxylic acids is 1. The van der Waals surface area contributed by atoms with Gasteiger partial charge in [-0.15, -0.1) is 0 Å². The molecule has 0 saturated heterocycles. The molecule has 4 heteroatoms. The normalized spacial score (nSPS) is 11.0. The Morgan fingerprint density at radius 1 is 1.24 bits per heavy atom. The molecule has 1 rings (SSSR count). The Balaban J connectivity index is 2.43. The van der Waals surface area contributed by atoms with E-state index < -0.39 is 11.4 Å². The van der Waals surface area contributed by atoms with E-state index in [1.165, 1.54) is 0 Å². The Labute approximate surface area is 101 Å². The van der Waals surface area contributed by atoms with Crippen molar-refractivity contribution in [2.45, 2.75) is 20.3 Å². The number of hydrogen-bond acceptors (Lipinski definition) is 3. The van der Waals surface area contributed by atoms with Crippen LogP contribution >= 0.6 is 0 Å². The highest BCUT2D eigenvalue weighted by Gasteiger charge is 2.26. The van der Waals surface area contributed by atoms with E-state index in [2.05, 4.69) is 0 Å². The van der Waals surface area contributed by atoms with E-state index in [0.29, 0.717) is 18.8 Å². The van der Waals surface area contributed by atoms with Gasteiger partial charge >= 0.3 is 5.97 Å². The number of carboxylic acid groups (broad SMARTS) is 1. The Morgan fingerprint density at radius 3 is 2.24 bits per heavy atom. The van der Waals surface area contributed by atoms with Crippen molar-refractivity contribution in [3.8, 4) is 11.5 Å². The molecule has 0 spiro atoms. The number of carboxylic acids is 1. The third-order valence-electron chi connectivity index (χ3n) is 2.63. The van der Waals surface area contributed by atoms with Crippen LogP contribution in [-0.4, -0.2) is 24.8 Å². The van der Waals surface area contributed by atoms with Crippen molar-refractivity contribution in [1.82, 2.24) is 0 Å². The summed E-state index contributed by atoms with van der Waals surface area (Å²) in [5, 5.41) is 8.93. The summed E-state index contributed by atoms with van der Waals surface area (Å²) in [6.45, 7) is 3.76. The first kappa shape index (κ1) is 13.4.